The fourth-order valence-electron chi connectivity index (χ4n) is 4.02. The number of amides is 2. The van der Waals surface area contributed by atoms with E-state index in [2.05, 4.69) is 12.2 Å². The Kier molecular flexibility index (Phi) is 5.76. The van der Waals surface area contributed by atoms with Gasteiger partial charge in [0, 0.05) is 23.5 Å². The minimum atomic E-state index is -0.0528. The largest absolute Gasteiger partial charge is 0.349 e. The van der Waals surface area contributed by atoms with Gasteiger partial charge in [-0.1, -0.05) is 61.9 Å². The summed E-state index contributed by atoms with van der Waals surface area (Å²) in [5.41, 5.74) is 2.39. The smallest absolute Gasteiger partial charge is 0.264 e. The molecule has 0 bridgehead atoms. The molecule has 2 aromatic carbocycles. The zero-order valence-corrected chi connectivity index (χ0v) is 17.7. The van der Waals surface area contributed by atoms with Crippen molar-refractivity contribution in [2.24, 2.45) is 5.92 Å². The van der Waals surface area contributed by atoms with Crippen molar-refractivity contribution in [3.63, 3.8) is 0 Å². The molecule has 1 saturated carbocycles. The van der Waals surface area contributed by atoms with Crippen molar-refractivity contribution >= 4 is 35.3 Å². The number of carbonyl (C=O) groups excluding carboxylic acids is 2. The second-order valence-corrected chi connectivity index (χ2v) is 8.99. The quantitative estimate of drug-likeness (QED) is 0.721. The molecule has 5 heteroatoms. The van der Waals surface area contributed by atoms with Gasteiger partial charge >= 0.3 is 0 Å². The van der Waals surface area contributed by atoms with Crippen LogP contribution in [0.3, 0.4) is 0 Å². The number of benzene rings is 2. The number of hydrogen-bond acceptors (Lipinski definition) is 3. The van der Waals surface area contributed by atoms with Gasteiger partial charge in [0.2, 0.25) is 0 Å². The van der Waals surface area contributed by atoms with E-state index in [1.54, 1.807) is 11.9 Å². The summed E-state index contributed by atoms with van der Waals surface area (Å²) in [6, 6.07) is 15.7. The SMILES string of the molecule is CC1CCCCC1NC(=O)c1ccc2c(c1)N(C)C(=O)/C(=C\c1ccccc1)S2. The van der Waals surface area contributed by atoms with E-state index >= 15 is 0 Å². The van der Waals surface area contributed by atoms with E-state index in [1.807, 2.05) is 54.6 Å². The number of nitrogens with one attached hydrogen (secondary N) is 1. The van der Waals surface area contributed by atoms with Crippen LogP contribution in [-0.4, -0.2) is 24.9 Å². The lowest BCUT2D eigenvalue weighted by Gasteiger charge is -2.30. The van der Waals surface area contributed by atoms with E-state index < -0.39 is 0 Å². The molecule has 2 amide bonds. The molecule has 1 heterocycles. The van der Waals surface area contributed by atoms with Gasteiger partial charge in [0.25, 0.3) is 11.8 Å². The molecule has 150 valence electrons. The second kappa shape index (κ2) is 8.46. The van der Waals surface area contributed by atoms with Gasteiger partial charge < -0.3 is 10.2 Å². The van der Waals surface area contributed by atoms with Crippen molar-refractivity contribution in [3.8, 4) is 0 Å². The van der Waals surface area contributed by atoms with E-state index in [0.29, 0.717) is 16.4 Å². The lowest BCUT2D eigenvalue weighted by atomic mass is 9.86. The number of hydrogen-bond donors (Lipinski definition) is 1. The highest BCUT2D eigenvalue weighted by atomic mass is 32.2. The Labute approximate surface area is 176 Å². The predicted octanol–water partition coefficient (Wildman–Crippen LogP) is 5.10. The molecule has 0 saturated heterocycles. The predicted molar refractivity (Wildman–Crippen MR) is 119 cm³/mol. The van der Waals surface area contributed by atoms with Gasteiger partial charge in [0.05, 0.1) is 10.6 Å². The molecule has 4 rings (SSSR count). The summed E-state index contributed by atoms with van der Waals surface area (Å²) >= 11 is 1.46. The minimum absolute atomic E-state index is 0.0511. The molecular formula is C24H26N2O2S. The van der Waals surface area contributed by atoms with Gasteiger partial charge in [0.15, 0.2) is 0 Å². The first-order valence-corrected chi connectivity index (χ1v) is 11.0. The number of nitrogens with zero attached hydrogens (tertiary/aromatic N) is 1. The zero-order valence-electron chi connectivity index (χ0n) is 16.9. The Morgan fingerprint density at radius 1 is 1.14 bits per heavy atom. The van der Waals surface area contributed by atoms with Crippen LogP contribution in [0.4, 0.5) is 5.69 Å². The molecule has 1 aliphatic carbocycles. The Hall–Kier alpha value is -2.53. The van der Waals surface area contributed by atoms with Crippen LogP contribution >= 0.6 is 11.8 Å². The maximum atomic E-state index is 12.9. The molecule has 29 heavy (non-hydrogen) atoms. The molecule has 2 atom stereocenters. The fraction of sp³-hybridized carbons (Fsp3) is 0.333. The molecule has 1 N–H and O–H groups in total. The van der Waals surface area contributed by atoms with Gasteiger partial charge in [-0.05, 0) is 48.6 Å². The normalized spacial score (nSPS) is 23.0. The van der Waals surface area contributed by atoms with Crippen molar-refractivity contribution in [1.29, 1.82) is 0 Å². The van der Waals surface area contributed by atoms with Crippen LogP contribution in [-0.2, 0) is 4.79 Å². The highest BCUT2D eigenvalue weighted by Crippen LogP contribution is 2.42. The van der Waals surface area contributed by atoms with E-state index in [4.69, 9.17) is 0 Å². The van der Waals surface area contributed by atoms with E-state index in [9.17, 15) is 9.59 Å². The van der Waals surface area contributed by atoms with E-state index in [0.717, 1.165) is 22.6 Å². The first kappa shape index (κ1) is 19.8. The van der Waals surface area contributed by atoms with Crippen LogP contribution in [0.1, 0.15) is 48.5 Å². The number of anilines is 1. The summed E-state index contributed by atoms with van der Waals surface area (Å²) in [6.45, 7) is 2.21. The van der Waals surface area contributed by atoms with E-state index in [-0.39, 0.29) is 17.9 Å². The molecule has 1 aliphatic heterocycles. The number of rotatable bonds is 3. The van der Waals surface area contributed by atoms with Gasteiger partial charge in [-0.25, -0.2) is 0 Å². The molecule has 1 fully saturated rings. The van der Waals surface area contributed by atoms with Gasteiger partial charge in [-0.2, -0.15) is 0 Å². The van der Waals surface area contributed by atoms with Crippen LogP contribution in [0.15, 0.2) is 58.3 Å². The van der Waals surface area contributed by atoms with Crippen LogP contribution < -0.4 is 10.2 Å². The van der Waals surface area contributed by atoms with Crippen LogP contribution in [0.5, 0.6) is 0 Å². The van der Waals surface area contributed by atoms with Crippen molar-refractivity contribution in [2.45, 2.75) is 43.5 Å². The molecule has 0 aromatic heterocycles. The Bertz CT molecular complexity index is 955. The summed E-state index contributed by atoms with van der Waals surface area (Å²) in [5, 5.41) is 3.20. The molecule has 2 aromatic rings. The summed E-state index contributed by atoms with van der Waals surface area (Å²) in [7, 11) is 1.77. The minimum Gasteiger partial charge on any atom is -0.349 e. The summed E-state index contributed by atoms with van der Waals surface area (Å²) in [4.78, 5) is 29.0. The summed E-state index contributed by atoms with van der Waals surface area (Å²) in [5.74, 6) is 0.406. The third-order valence-corrected chi connectivity index (χ3v) is 6.92. The topological polar surface area (TPSA) is 49.4 Å². The Morgan fingerprint density at radius 2 is 1.90 bits per heavy atom. The average Bonchev–Trinajstić information content (AvgIpc) is 2.74. The molecule has 2 unspecified atom stereocenters. The van der Waals surface area contributed by atoms with Gasteiger partial charge in [-0.3, -0.25) is 9.59 Å². The van der Waals surface area contributed by atoms with Crippen molar-refractivity contribution in [1.82, 2.24) is 5.32 Å². The maximum Gasteiger partial charge on any atom is 0.264 e. The van der Waals surface area contributed by atoms with Crippen molar-refractivity contribution in [2.75, 3.05) is 11.9 Å². The van der Waals surface area contributed by atoms with Crippen molar-refractivity contribution in [3.05, 3.63) is 64.6 Å². The number of fused-ring (bicyclic) bond motifs is 1. The lowest BCUT2D eigenvalue weighted by Crippen LogP contribution is -2.41. The highest BCUT2D eigenvalue weighted by molar-refractivity contribution is 8.04. The van der Waals surface area contributed by atoms with Crippen LogP contribution in [0.25, 0.3) is 6.08 Å². The first-order chi connectivity index (χ1) is 14.0. The summed E-state index contributed by atoms with van der Waals surface area (Å²) < 4.78 is 0. The fourth-order valence-corrected chi connectivity index (χ4v) is 5.11. The molecule has 2 aliphatic rings. The Balaban J connectivity index is 1.55. The highest BCUT2D eigenvalue weighted by Gasteiger charge is 2.28. The van der Waals surface area contributed by atoms with Crippen LogP contribution in [0.2, 0.25) is 0 Å². The van der Waals surface area contributed by atoms with E-state index in [1.165, 1.54) is 31.0 Å². The standard InChI is InChI=1S/C24H26N2O2S/c1-16-8-6-7-11-19(16)25-23(27)18-12-13-21-20(15-18)26(2)24(28)22(29-21)14-17-9-4-3-5-10-17/h3-5,9-10,12-16,19H,6-8,11H2,1-2H3,(H,25,27)/b22-14+. The first-order valence-electron chi connectivity index (χ1n) is 10.2. The second-order valence-electron chi connectivity index (χ2n) is 7.91. The molecule has 4 nitrogen and oxygen atoms in total. The van der Waals surface area contributed by atoms with Crippen LogP contribution in [0, 0.1) is 5.92 Å². The summed E-state index contributed by atoms with van der Waals surface area (Å²) in [6.07, 6.45) is 6.54. The molecule has 0 radical (unpaired) electrons. The third kappa shape index (κ3) is 4.25. The molecule has 0 spiro atoms. The zero-order chi connectivity index (χ0) is 20.4. The lowest BCUT2D eigenvalue weighted by molar-refractivity contribution is -0.114. The number of carbonyl (C=O) groups is 2. The molecular weight excluding hydrogens is 380 g/mol. The number of likely N-dealkylation sites (N-methyl/N-ethyl adjacent to an activating group) is 1. The van der Waals surface area contributed by atoms with Gasteiger partial charge in [0.1, 0.15) is 0 Å². The average molecular weight is 407 g/mol. The third-order valence-electron chi connectivity index (χ3n) is 5.84. The maximum absolute atomic E-state index is 12.9. The number of thioether (sulfide) groups is 1. The van der Waals surface area contributed by atoms with Gasteiger partial charge in [-0.15, -0.1) is 0 Å². The monoisotopic (exact) mass is 406 g/mol. The Morgan fingerprint density at radius 3 is 2.66 bits per heavy atom. The van der Waals surface area contributed by atoms with Crippen molar-refractivity contribution < 1.29 is 9.59 Å².